The van der Waals surface area contributed by atoms with E-state index in [9.17, 15) is 4.79 Å². The van der Waals surface area contributed by atoms with Crippen LogP contribution in [0.1, 0.15) is 25.0 Å². The minimum absolute atomic E-state index is 0.107. The van der Waals surface area contributed by atoms with Gasteiger partial charge in [-0.05, 0) is 38.5 Å². The largest absolute Gasteiger partial charge is 0.325 e. The van der Waals surface area contributed by atoms with Gasteiger partial charge in [0, 0.05) is 18.7 Å². The zero-order chi connectivity index (χ0) is 14.3. The van der Waals surface area contributed by atoms with Gasteiger partial charge in [0.05, 0.1) is 12.2 Å². The lowest BCUT2D eigenvalue weighted by molar-refractivity contribution is 0.217. The van der Waals surface area contributed by atoms with E-state index in [0.717, 1.165) is 16.8 Å². The van der Waals surface area contributed by atoms with Gasteiger partial charge >= 0.3 is 6.03 Å². The molecule has 2 amide bonds. The average molecular weight is 259 g/mol. The molecule has 4 heteroatoms. The number of anilines is 1. The van der Waals surface area contributed by atoms with E-state index in [0.29, 0.717) is 19.6 Å². The highest BCUT2D eigenvalue weighted by Crippen LogP contribution is 2.17. The number of carbonyl (C=O) groups excluding carboxylic acids is 1. The highest BCUT2D eigenvalue weighted by atomic mass is 16.2. The number of urea groups is 1. The molecule has 0 fully saturated rings. The maximum Gasteiger partial charge on any atom is 0.321 e. The van der Waals surface area contributed by atoms with Gasteiger partial charge in [0.25, 0.3) is 0 Å². The smallest absolute Gasteiger partial charge is 0.321 e. The van der Waals surface area contributed by atoms with E-state index < -0.39 is 0 Å². The van der Waals surface area contributed by atoms with E-state index in [2.05, 4.69) is 17.2 Å². The van der Waals surface area contributed by atoms with Gasteiger partial charge in [-0.3, -0.25) is 0 Å². The van der Waals surface area contributed by atoms with Crippen LogP contribution < -0.4 is 11.1 Å². The van der Waals surface area contributed by atoms with Crippen LogP contribution in [0, 0.1) is 18.8 Å². The molecule has 0 aliphatic carbocycles. The number of carbonyl (C=O) groups is 1. The third-order valence-corrected chi connectivity index (χ3v) is 2.79. The van der Waals surface area contributed by atoms with Crippen LogP contribution in [0.15, 0.2) is 18.2 Å². The second-order valence-electron chi connectivity index (χ2n) is 4.16. The summed E-state index contributed by atoms with van der Waals surface area (Å²) in [4.78, 5) is 13.7. The van der Waals surface area contributed by atoms with Gasteiger partial charge < -0.3 is 16.0 Å². The normalized spacial score (nSPS) is 9.47. The van der Waals surface area contributed by atoms with Crippen LogP contribution in [0.2, 0.25) is 0 Å². The molecule has 1 aromatic rings. The van der Waals surface area contributed by atoms with Gasteiger partial charge in [-0.1, -0.05) is 17.9 Å². The molecule has 0 aliphatic rings. The van der Waals surface area contributed by atoms with E-state index in [4.69, 9.17) is 5.73 Å². The molecular weight excluding hydrogens is 238 g/mol. The molecule has 0 radical (unpaired) electrons. The number of aryl methyl sites for hydroxylation is 1. The predicted octanol–water partition coefficient (Wildman–Crippen LogP) is 2.18. The monoisotopic (exact) mass is 259 g/mol. The van der Waals surface area contributed by atoms with Crippen molar-refractivity contribution in [1.82, 2.24) is 4.90 Å². The molecule has 0 spiro atoms. The van der Waals surface area contributed by atoms with Gasteiger partial charge in [0.2, 0.25) is 0 Å². The molecule has 0 unspecified atom stereocenters. The molecule has 1 rings (SSSR count). The number of nitrogens with one attached hydrogen (secondary N) is 1. The number of nitrogens with two attached hydrogens (primary N) is 1. The standard InChI is InChI=1S/C15H21N3O/c1-4-18(5-2)15(19)17-14-9-8-12(3)11-13(14)7-6-10-16/h8-9,11H,4-5,10,16H2,1-3H3,(H,17,19). The molecule has 0 bridgehead atoms. The summed E-state index contributed by atoms with van der Waals surface area (Å²) < 4.78 is 0. The first kappa shape index (κ1) is 15.1. The Morgan fingerprint density at radius 1 is 1.37 bits per heavy atom. The zero-order valence-corrected chi connectivity index (χ0v) is 11.8. The Labute approximate surface area is 115 Å². The van der Waals surface area contributed by atoms with Gasteiger partial charge in [0.15, 0.2) is 0 Å². The second kappa shape index (κ2) is 7.45. The Balaban J connectivity index is 2.97. The van der Waals surface area contributed by atoms with Crippen molar-refractivity contribution in [2.75, 3.05) is 25.0 Å². The third kappa shape index (κ3) is 4.31. The van der Waals surface area contributed by atoms with Crippen LogP contribution >= 0.6 is 0 Å². The van der Waals surface area contributed by atoms with Crippen LogP contribution in [0.5, 0.6) is 0 Å². The van der Waals surface area contributed by atoms with Crippen molar-refractivity contribution in [2.45, 2.75) is 20.8 Å². The molecular formula is C15H21N3O. The number of hydrogen-bond acceptors (Lipinski definition) is 2. The van der Waals surface area contributed by atoms with Crippen molar-refractivity contribution in [3.8, 4) is 11.8 Å². The highest BCUT2D eigenvalue weighted by molar-refractivity contribution is 5.91. The van der Waals surface area contributed by atoms with E-state index in [-0.39, 0.29) is 6.03 Å². The third-order valence-electron chi connectivity index (χ3n) is 2.79. The van der Waals surface area contributed by atoms with Crippen molar-refractivity contribution in [3.63, 3.8) is 0 Å². The SMILES string of the molecule is CCN(CC)C(=O)Nc1ccc(C)cc1C#CCN. The van der Waals surface area contributed by atoms with E-state index in [1.54, 1.807) is 4.90 Å². The van der Waals surface area contributed by atoms with Crippen molar-refractivity contribution in [1.29, 1.82) is 0 Å². The van der Waals surface area contributed by atoms with Crippen LogP contribution in [0.3, 0.4) is 0 Å². The lowest BCUT2D eigenvalue weighted by Gasteiger charge is -2.19. The Hall–Kier alpha value is -1.99. The van der Waals surface area contributed by atoms with Gasteiger partial charge in [-0.2, -0.15) is 0 Å². The first-order valence-corrected chi connectivity index (χ1v) is 6.47. The number of hydrogen-bond donors (Lipinski definition) is 2. The molecule has 0 heterocycles. The van der Waals surface area contributed by atoms with Crippen LogP contribution in [-0.2, 0) is 0 Å². The van der Waals surface area contributed by atoms with E-state index in [1.165, 1.54) is 0 Å². The fourth-order valence-corrected chi connectivity index (χ4v) is 1.72. The van der Waals surface area contributed by atoms with E-state index in [1.807, 2.05) is 39.0 Å². The molecule has 3 N–H and O–H groups in total. The van der Waals surface area contributed by atoms with Gasteiger partial charge in [0.1, 0.15) is 0 Å². The summed E-state index contributed by atoms with van der Waals surface area (Å²) in [6.45, 7) is 7.55. The summed E-state index contributed by atoms with van der Waals surface area (Å²) in [5.74, 6) is 5.80. The number of rotatable bonds is 3. The number of benzene rings is 1. The molecule has 1 aromatic carbocycles. The maximum absolute atomic E-state index is 12.0. The molecule has 4 nitrogen and oxygen atoms in total. The summed E-state index contributed by atoms with van der Waals surface area (Å²) in [5, 5.41) is 2.89. The van der Waals surface area contributed by atoms with Gasteiger partial charge in [-0.25, -0.2) is 4.79 Å². The molecule has 0 atom stereocenters. The van der Waals surface area contributed by atoms with Crippen molar-refractivity contribution in [3.05, 3.63) is 29.3 Å². The lowest BCUT2D eigenvalue weighted by Crippen LogP contribution is -2.34. The van der Waals surface area contributed by atoms with Crippen LogP contribution in [-0.4, -0.2) is 30.6 Å². The Kier molecular flexibility index (Phi) is 5.91. The molecule has 19 heavy (non-hydrogen) atoms. The highest BCUT2D eigenvalue weighted by Gasteiger charge is 2.11. The fourth-order valence-electron chi connectivity index (χ4n) is 1.72. The van der Waals surface area contributed by atoms with Crippen molar-refractivity contribution in [2.24, 2.45) is 5.73 Å². The second-order valence-corrected chi connectivity index (χ2v) is 4.16. The molecule has 0 saturated heterocycles. The summed E-state index contributed by atoms with van der Waals surface area (Å²) in [5.41, 5.74) is 8.01. The van der Waals surface area contributed by atoms with E-state index >= 15 is 0 Å². The van der Waals surface area contributed by atoms with Crippen molar-refractivity contribution < 1.29 is 4.79 Å². The molecule has 0 aliphatic heterocycles. The quantitative estimate of drug-likeness (QED) is 0.817. The number of amides is 2. The Morgan fingerprint density at radius 2 is 2.05 bits per heavy atom. The minimum Gasteiger partial charge on any atom is -0.325 e. The Morgan fingerprint density at radius 3 is 2.63 bits per heavy atom. The Bertz CT molecular complexity index is 496. The van der Waals surface area contributed by atoms with Crippen LogP contribution in [0.4, 0.5) is 10.5 Å². The van der Waals surface area contributed by atoms with Crippen LogP contribution in [0.25, 0.3) is 0 Å². The summed E-state index contributed by atoms with van der Waals surface area (Å²) in [6, 6.07) is 5.66. The predicted molar refractivity (Wildman–Crippen MR) is 79.1 cm³/mol. The first-order chi connectivity index (χ1) is 9.12. The summed E-state index contributed by atoms with van der Waals surface area (Å²) in [7, 11) is 0. The summed E-state index contributed by atoms with van der Waals surface area (Å²) >= 11 is 0. The fraction of sp³-hybridized carbons (Fsp3) is 0.400. The zero-order valence-electron chi connectivity index (χ0n) is 11.8. The number of nitrogens with zero attached hydrogens (tertiary/aromatic N) is 1. The topological polar surface area (TPSA) is 58.4 Å². The van der Waals surface area contributed by atoms with Crippen molar-refractivity contribution >= 4 is 11.7 Å². The summed E-state index contributed by atoms with van der Waals surface area (Å²) in [6.07, 6.45) is 0. The molecule has 0 aromatic heterocycles. The van der Waals surface area contributed by atoms with Gasteiger partial charge in [-0.15, -0.1) is 0 Å². The minimum atomic E-state index is -0.107. The first-order valence-electron chi connectivity index (χ1n) is 6.47. The maximum atomic E-state index is 12.0. The lowest BCUT2D eigenvalue weighted by atomic mass is 10.1. The molecule has 0 saturated carbocycles. The average Bonchev–Trinajstić information content (AvgIpc) is 2.40. The molecule has 102 valence electrons.